The highest BCUT2D eigenvalue weighted by Crippen LogP contribution is 2.22. The first-order valence-electron chi connectivity index (χ1n) is 5.17. The molecule has 2 rings (SSSR count). The molecule has 0 saturated carbocycles. The number of benzene rings is 1. The van der Waals surface area contributed by atoms with Crippen molar-refractivity contribution in [3.63, 3.8) is 0 Å². The minimum absolute atomic E-state index is 0.142. The van der Waals surface area contributed by atoms with Gasteiger partial charge in [-0.2, -0.15) is 0 Å². The average Bonchev–Trinajstić information content (AvgIpc) is 2.83. The van der Waals surface area contributed by atoms with E-state index in [1.807, 2.05) is 0 Å². The van der Waals surface area contributed by atoms with Crippen LogP contribution in [-0.2, 0) is 6.54 Å². The number of halogens is 2. The molecule has 6 heteroatoms. The van der Waals surface area contributed by atoms with Crippen LogP contribution in [0.1, 0.15) is 5.76 Å². The fourth-order valence-corrected chi connectivity index (χ4v) is 1.55. The molecule has 1 aromatic heterocycles. The number of carbonyl (C=O) groups excluding carboxylic acids is 1. The fourth-order valence-electron chi connectivity index (χ4n) is 1.34. The minimum Gasteiger partial charge on any atom is -0.467 e. The zero-order chi connectivity index (χ0) is 13.0. The van der Waals surface area contributed by atoms with Gasteiger partial charge < -0.3 is 15.1 Å². The van der Waals surface area contributed by atoms with Crippen molar-refractivity contribution in [3.8, 4) is 0 Å². The van der Waals surface area contributed by atoms with E-state index in [-0.39, 0.29) is 11.6 Å². The highest BCUT2D eigenvalue weighted by atomic mass is 35.5. The number of carbonyl (C=O) groups is 1. The number of furan rings is 1. The SMILES string of the molecule is O=C(NCc1ccco1)Nc1ccc(F)cc1Cl. The second-order valence-electron chi connectivity index (χ2n) is 3.51. The molecule has 0 fully saturated rings. The van der Waals surface area contributed by atoms with Crippen LogP contribution in [0.2, 0.25) is 5.02 Å². The Morgan fingerprint density at radius 1 is 1.39 bits per heavy atom. The maximum Gasteiger partial charge on any atom is 0.319 e. The Morgan fingerprint density at radius 2 is 2.22 bits per heavy atom. The van der Waals surface area contributed by atoms with Crippen molar-refractivity contribution in [1.29, 1.82) is 0 Å². The van der Waals surface area contributed by atoms with Gasteiger partial charge in [-0.05, 0) is 30.3 Å². The van der Waals surface area contributed by atoms with Crippen LogP contribution in [0.15, 0.2) is 41.0 Å². The molecule has 2 amide bonds. The van der Waals surface area contributed by atoms with E-state index in [1.165, 1.54) is 18.4 Å². The van der Waals surface area contributed by atoms with E-state index >= 15 is 0 Å². The van der Waals surface area contributed by atoms with Crippen LogP contribution in [0.25, 0.3) is 0 Å². The zero-order valence-electron chi connectivity index (χ0n) is 9.24. The lowest BCUT2D eigenvalue weighted by Crippen LogP contribution is -2.28. The summed E-state index contributed by atoms with van der Waals surface area (Å²) in [5.74, 6) is 0.178. The van der Waals surface area contributed by atoms with E-state index in [2.05, 4.69) is 10.6 Å². The molecule has 0 aliphatic heterocycles. The van der Waals surface area contributed by atoms with Crippen LogP contribution in [0.4, 0.5) is 14.9 Å². The van der Waals surface area contributed by atoms with Gasteiger partial charge in [0.15, 0.2) is 0 Å². The third kappa shape index (κ3) is 3.24. The largest absolute Gasteiger partial charge is 0.467 e. The van der Waals surface area contributed by atoms with Crippen LogP contribution in [-0.4, -0.2) is 6.03 Å². The highest BCUT2D eigenvalue weighted by molar-refractivity contribution is 6.33. The van der Waals surface area contributed by atoms with Crippen molar-refractivity contribution in [1.82, 2.24) is 5.32 Å². The summed E-state index contributed by atoms with van der Waals surface area (Å²) in [7, 11) is 0. The lowest BCUT2D eigenvalue weighted by Gasteiger charge is -2.08. The third-order valence-electron chi connectivity index (χ3n) is 2.18. The number of rotatable bonds is 3. The molecule has 0 saturated heterocycles. The van der Waals surface area contributed by atoms with Crippen LogP contribution in [0.5, 0.6) is 0 Å². The first-order chi connectivity index (χ1) is 8.65. The van der Waals surface area contributed by atoms with E-state index in [0.29, 0.717) is 11.4 Å². The summed E-state index contributed by atoms with van der Waals surface area (Å²) in [6, 6.07) is 6.76. The normalized spacial score (nSPS) is 10.1. The number of nitrogens with one attached hydrogen (secondary N) is 2. The number of anilines is 1. The lowest BCUT2D eigenvalue weighted by atomic mass is 10.3. The molecule has 1 heterocycles. The van der Waals surface area contributed by atoms with Gasteiger partial charge >= 0.3 is 6.03 Å². The first kappa shape index (κ1) is 12.4. The van der Waals surface area contributed by atoms with Crippen LogP contribution >= 0.6 is 11.6 Å². The highest BCUT2D eigenvalue weighted by Gasteiger charge is 2.06. The summed E-state index contributed by atoms with van der Waals surface area (Å²) in [5, 5.41) is 5.23. The van der Waals surface area contributed by atoms with Crippen molar-refractivity contribution in [2.45, 2.75) is 6.54 Å². The fraction of sp³-hybridized carbons (Fsp3) is 0.0833. The third-order valence-corrected chi connectivity index (χ3v) is 2.50. The van der Waals surface area contributed by atoms with Crippen molar-refractivity contribution in [2.24, 2.45) is 0 Å². The molecule has 1 aromatic carbocycles. The maximum absolute atomic E-state index is 12.8. The summed E-state index contributed by atoms with van der Waals surface area (Å²) in [4.78, 5) is 11.5. The first-order valence-corrected chi connectivity index (χ1v) is 5.55. The van der Waals surface area contributed by atoms with E-state index in [4.69, 9.17) is 16.0 Å². The minimum atomic E-state index is -0.457. The van der Waals surface area contributed by atoms with Gasteiger partial charge in [-0.1, -0.05) is 11.6 Å². The molecule has 0 spiro atoms. The second-order valence-corrected chi connectivity index (χ2v) is 3.92. The van der Waals surface area contributed by atoms with Gasteiger partial charge in [0, 0.05) is 0 Å². The Balaban J connectivity index is 1.91. The number of hydrogen-bond donors (Lipinski definition) is 2. The molecule has 0 bridgehead atoms. The van der Waals surface area contributed by atoms with E-state index in [9.17, 15) is 9.18 Å². The van der Waals surface area contributed by atoms with Gasteiger partial charge in [0.25, 0.3) is 0 Å². The number of amides is 2. The molecule has 18 heavy (non-hydrogen) atoms. The summed E-state index contributed by atoms with van der Waals surface area (Å²) < 4.78 is 17.8. The van der Waals surface area contributed by atoms with Crippen molar-refractivity contribution >= 4 is 23.3 Å². The Kier molecular flexibility index (Phi) is 3.84. The maximum atomic E-state index is 12.8. The quantitative estimate of drug-likeness (QED) is 0.896. The van der Waals surface area contributed by atoms with E-state index in [0.717, 1.165) is 6.07 Å². The molecule has 4 nitrogen and oxygen atoms in total. The van der Waals surface area contributed by atoms with Crippen molar-refractivity contribution in [3.05, 3.63) is 53.2 Å². The van der Waals surface area contributed by atoms with Gasteiger partial charge in [0.2, 0.25) is 0 Å². The predicted molar refractivity (Wildman–Crippen MR) is 66.0 cm³/mol. The van der Waals surface area contributed by atoms with Crippen LogP contribution in [0, 0.1) is 5.82 Å². The van der Waals surface area contributed by atoms with Gasteiger partial charge in [-0.25, -0.2) is 9.18 Å². The molecule has 0 aliphatic rings. The smallest absolute Gasteiger partial charge is 0.319 e. The molecule has 0 radical (unpaired) electrons. The van der Waals surface area contributed by atoms with E-state index < -0.39 is 11.8 Å². The monoisotopic (exact) mass is 268 g/mol. The molecular formula is C12H10ClFN2O2. The average molecular weight is 269 g/mol. The van der Waals surface area contributed by atoms with Gasteiger partial charge in [0.05, 0.1) is 23.5 Å². The topological polar surface area (TPSA) is 54.3 Å². The van der Waals surface area contributed by atoms with Crippen molar-refractivity contribution < 1.29 is 13.6 Å². The molecular weight excluding hydrogens is 259 g/mol. The van der Waals surface area contributed by atoms with Crippen molar-refractivity contribution in [2.75, 3.05) is 5.32 Å². The standard InChI is InChI=1S/C12H10ClFN2O2/c13-10-6-8(14)3-4-11(10)16-12(17)15-7-9-2-1-5-18-9/h1-6H,7H2,(H2,15,16,17). The second kappa shape index (κ2) is 5.55. The Hall–Kier alpha value is -2.01. The van der Waals surface area contributed by atoms with Crippen LogP contribution < -0.4 is 10.6 Å². The molecule has 2 aromatic rings. The Labute approximate surface area is 108 Å². The van der Waals surface area contributed by atoms with Gasteiger partial charge in [-0.3, -0.25) is 0 Å². The number of urea groups is 1. The molecule has 94 valence electrons. The lowest BCUT2D eigenvalue weighted by molar-refractivity contribution is 0.251. The zero-order valence-corrected chi connectivity index (χ0v) is 10.00. The molecule has 0 unspecified atom stereocenters. The summed E-state index contributed by atoms with van der Waals surface area (Å²) >= 11 is 5.77. The van der Waals surface area contributed by atoms with Gasteiger partial charge in [0.1, 0.15) is 11.6 Å². The number of hydrogen-bond acceptors (Lipinski definition) is 2. The molecule has 2 N–H and O–H groups in total. The predicted octanol–water partition coefficient (Wildman–Crippen LogP) is 3.39. The Bertz CT molecular complexity index is 543. The molecule has 0 aliphatic carbocycles. The summed E-state index contributed by atoms with van der Waals surface area (Å²) in [6.45, 7) is 0.262. The van der Waals surface area contributed by atoms with Crippen LogP contribution in [0.3, 0.4) is 0 Å². The van der Waals surface area contributed by atoms with Gasteiger partial charge in [-0.15, -0.1) is 0 Å². The Morgan fingerprint density at radius 3 is 2.89 bits per heavy atom. The summed E-state index contributed by atoms with van der Waals surface area (Å²) in [6.07, 6.45) is 1.52. The summed E-state index contributed by atoms with van der Waals surface area (Å²) in [5.41, 5.74) is 0.343. The van der Waals surface area contributed by atoms with E-state index in [1.54, 1.807) is 12.1 Å². The molecule has 0 atom stereocenters.